The van der Waals surface area contributed by atoms with Crippen LogP contribution in [0.5, 0.6) is 0 Å². The molecule has 0 radical (unpaired) electrons. The fourth-order valence-electron chi connectivity index (χ4n) is 2.98. The van der Waals surface area contributed by atoms with Crippen LogP contribution in [-0.4, -0.2) is 45.2 Å². The number of nitrogens with zero attached hydrogens (tertiary/aromatic N) is 4. The molecule has 0 spiro atoms. The molecule has 1 atom stereocenters. The Morgan fingerprint density at radius 2 is 2.22 bits per heavy atom. The monoisotopic (exact) mass is 317 g/mol. The van der Waals surface area contributed by atoms with Crippen LogP contribution in [0.3, 0.4) is 0 Å². The molecular weight excluding hydrogens is 294 g/mol. The van der Waals surface area contributed by atoms with Gasteiger partial charge in [-0.3, -0.25) is 14.4 Å². The van der Waals surface area contributed by atoms with E-state index in [1.54, 1.807) is 17.3 Å². The molecule has 23 heavy (non-hydrogen) atoms. The molecule has 1 amide bonds. The quantitative estimate of drug-likeness (QED) is 0.839. The lowest BCUT2D eigenvalue weighted by atomic mass is 10.1. The minimum atomic E-state index is 0.0223. The van der Waals surface area contributed by atoms with Crippen LogP contribution < -0.4 is 5.32 Å². The SMILES string of the molecule is O=C(CCn1cncn1)NCC(c1ccco1)N1CCCCC1. The second kappa shape index (κ2) is 7.92. The summed E-state index contributed by atoms with van der Waals surface area (Å²) in [6.45, 7) is 3.23. The van der Waals surface area contributed by atoms with E-state index in [1.807, 2.05) is 12.1 Å². The van der Waals surface area contributed by atoms with Gasteiger partial charge < -0.3 is 9.73 Å². The molecule has 0 aliphatic carbocycles. The van der Waals surface area contributed by atoms with Gasteiger partial charge in [-0.2, -0.15) is 5.10 Å². The first kappa shape index (κ1) is 15.7. The van der Waals surface area contributed by atoms with Crippen molar-refractivity contribution in [1.29, 1.82) is 0 Å². The number of likely N-dealkylation sites (tertiary alicyclic amines) is 1. The minimum absolute atomic E-state index is 0.0223. The summed E-state index contributed by atoms with van der Waals surface area (Å²) in [7, 11) is 0. The van der Waals surface area contributed by atoms with Crippen molar-refractivity contribution in [3.63, 3.8) is 0 Å². The summed E-state index contributed by atoms with van der Waals surface area (Å²) in [5.41, 5.74) is 0. The van der Waals surface area contributed by atoms with Crippen LogP contribution in [-0.2, 0) is 11.3 Å². The number of aryl methyl sites for hydroxylation is 1. The normalized spacial score (nSPS) is 17.0. The third-order valence-electron chi connectivity index (χ3n) is 4.23. The summed E-state index contributed by atoms with van der Waals surface area (Å²) < 4.78 is 7.25. The molecule has 0 aromatic carbocycles. The lowest BCUT2D eigenvalue weighted by Gasteiger charge is -2.33. The van der Waals surface area contributed by atoms with Gasteiger partial charge in [-0.1, -0.05) is 6.42 Å². The molecule has 0 bridgehead atoms. The predicted octanol–water partition coefficient (Wildman–Crippen LogP) is 1.60. The zero-order chi connectivity index (χ0) is 15.9. The van der Waals surface area contributed by atoms with E-state index < -0.39 is 0 Å². The van der Waals surface area contributed by atoms with Crippen molar-refractivity contribution >= 4 is 5.91 Å². The maximum Gasteiger partial charge on any atom is 0.221 e. The Kier molecular flexibility index (Phi) is 5.42. The van der Waals surface area contributed by atoms with Crippen molar-refractivity contribution in [3.05, 3.63) is 36.8 Å². The molecule has 1 saturated heterocycles. The largest absolute Gasteiger partial charge is 0.468 e. The van der Waals surface area contributed by atoms with E-state index in [-0.39, 0.29) is 11.9 Å². The van der Waals surface area contributed by atoms with Crippen LogP contribution in [0.15, 0.2) is 35.5 Å². The van der Waals surface area contributed by atoms with Gasteiger partial charge in [-0.15, -0.1) is 0 Å². The number of carbonyl (C=O) groups is 1. The Morgan fingerprint density at radius 3 is 2.91 bits per heavy atom. The van der Waals surface area contributed by atoms with Crippen molar-refractivity contribution in [3.8, 4) is 0 Å². The van der Waals surface area contributed by atoms with Gasteiger partial charge in [-0.25, -0.2) is 4.98 Å². The fourth-order valence-corrected chi connectivity index (χ4v) is 2.98. The van der Waals surface area contributed by atoms with Gasteiger partial charge in [0.15, 0.2) is 0 Å². The second-order valence-electron chi connectivity index (χ2n) is 5.84. The summed E-state index contributed by atoms with van der Waals surface area (Å²) in [4.78, 5) is 18.3. The van der Waals surface area contributed by atoms with E-state index in [9.17, 15) is 4.79 Å². The molecule has 3 heterocycles. The molecule has 0 saturated carbocycles. The maximum absolute atomic E-state index is 12.1. The average Bonchev–Trinajstić information content (AvgIpc) is 3.28. The zero-order valence-electron chi connectivity index (χ0n) is 13.2. The topological polar surface area (TPSA) is 76.2 Å². The number of rotatable bonds is 7. The van der Waals surface area contributed by atoms with Crippen LogP contribution in [0, 0.1) is 0 Å². The fraction of sp³-hybridized carbons (Fsp3) is 0.562. The van der Waals surface area contributed by atoms with E-state index in [0.29, 0.717) is 19.5 Å². The van der Waals surface area contributed by atoms with Gasteiger partial charge in [0.05, 0.1) is 18.8 Å². The van der Waals surface area contributed by atoms with E-state index in [4.69, 9.17) is 4.42 Å². The first-order valence-electron chi connectivity index (χ1n) is 8.19. The molecular formula is C16H23N5O2. The standard InChI is InChI=1S/C16H23N5O2/c22-16(6-9-21-13-17-12-19-21)18-11-14(15-5-4-10-23-15)20-7-2-1-3-8-20/h4-5,10,12-14H,1-3,6-9,11H2,(H,18,22). The molecule has 1 N–H and O–H groups in total. The highest BCUT2D eigenvalue weighted by atomic mass is 16.3. The number of carbonyl (C=O) groups excluding carboxylic acids is 1. The number of aromatic nitrogens is 3. The van der Waals surface area contributed by atoms with Crippen molar-refractivity contribution in [1.82, 2.24) is 25.0 Å². The third kappa shape index (κ3) is 4.41. The van der Waals surface area contributed by atoms with Gasteiger partial charge in [0.2, 0.25) is 5.91 Å². The van der Waals surface area contributed by atoms with Gasteiger partial charge >= 0.3 is 0 Å². The number of piperidine rings is 1. The maximum atomic E-state index is 12.1. The molecule has 1 aliphatic rings. The molecule has 1 fully saturated rings. The van der Waals surface area contributed by atoms with Crippen LogP contribution in [0.25, 0.3) is 0 Å². The molecule has 1 aliphatic heterocycles. The highest BCUT2D eigenvalue weighted by molar-refractivity contribution is 5.75. The van der Waals surface area contributed by atoms with Crippen LogP contribution in [0.4, 0.5) is 0 Å². The zero-order valence-corrected chi connectivity index (χ0v) is 13.2. The molecule has 3 rings (SSSR count). The lowest BCUT2D eigenvalue weighted by Crippen LogP contribution is -2.40. The number of amides is 1. The summed E-state index contributed by atoms with van der Waals surface area (Å²) in [5.74, 6) is 0.942. The molecule has 1 unspecified atom stereocenters. The molecule has 7 heteroatoms. The third-order valence-corrected chi connectivity index (χ3v) is 4.23. The number of hydrogen-bond acceptors (Lipinski definition) is 5. The Hall–Kier alpha value is -2.15. The van der Waals surface area contributed by atoms with Crippen LogP contribution in [0.2, 0.25) is 0 Å². The minimum Gasteiger partial charge on any atom is -0.468 e. The van der Waals surface area contributed by atoms with E-state index in [0.717, 1.165) is 18.8 Å². The Bertz CT molecular complexity index is 576. The second-order valence-corrected chi connectivity index (χ2v) is 5.84. The Labute approximate surface area is 135 Å². The predicted molar refractivity (Wildman–Crippen MR) is 84.5 cm³/mol. The van der Waals surface area contributed by atoms with Crippen LogP contribution in [0.1, 0.15) is 37.5 Å². The number of hydrogen-bond donors (Lipinski definition) is 1. The summed E-state index contributed by atoms with van der Waals surface area (Å²) in [5, 5.41) is 7.03. The van der Waals surface area contributed by atoms with E-state index in [2.05, 4.69) is 20.3 Å². The van der Waals surface area contributed by atoms with Gasteiger partial charge in [0, 0.05) is 13.0 Å². The molecule has 124 valence electrons. The summed E-state index contributed by atoms with van der Waals surface area (Å²) in [6, 6.07) is 4.00. The van der Waals surface area contributed by atoms with Crippen LogP contribution >= 0.6 is 0 Å². The highest BCUT2D eigenvalue weighted by Gasteiger charge is 2.24. The van der Waals surface area contributed by atoms with Gasteiger partial charge in [0.25, 0.3) is 0 Å². The number of nitrogens with one attached hydrogen (secondary N) is 1. The van der Waals surface area contributed by atoms with E-state index >= 15 is 0 Å². The molecule has 7 nitrogen and oxygen atoms in total. The number of furan rings is 1. The Balaban J connectivity index is 1.52. The Morgan fingerprint density at radius 1 is 1.35 bits per heavy atom. The molecule has 2 aromatic rings. The van der Waals surface area contributed by atoms with E-state index in [1.165, 1.54) is 25.6 Å². The average molecular weight is 317 g/mol. The van der Waals surface area contributed by atoms with Gasteiger partial charge in [0.1, 0.15) is 18.4 Å². The van der Waals surface area contributed by atoms with Crippen molar-refractivity contribution in [2.24, 2.45) is 0 Å². The van der Waals surface area contributed by atoms with Crippen molar-refractivity contribution < 1.29 is 9.21 Å². The first-order valence-corrected chi connectivity index (χ1v) is 8.19. The lowest BCUT2D eigenvalue weighted by molar-refractivity contribution is -0.121. The first-order chi connectivity index (χ1) is 11.3. The van der Waals surface area contributed by atoms with Crippen molar-refractivity contribution in [2.45, 2.75) is 38.3 Å². The van der Waals surface area contributed by atoms with Gasteiger partial charge in [-0.05, 0) is 38.1 Å². The summed E-state index contributed by atoms with van der Waals surface area (Å²) >= 11 is 0. The molecule has 2 aromatic heterocycles. The van der Waals surface area contributed by atoms with Crippen molar-refractivity contribution in [2.75, 3.05) is 19.6 Å². The summed E-state index contributed by atoms with van der Waals surface area (Å²) in [6.07, 6.45) is 8.88. The smallest absolute Gasteiger partial charge is 0.221 e. The highest BCUT2D eigenvalue weighted by Crippen LogP contribution is 2.24.